The number of carbonyl (C=O) groups excluding carboxylic acids is 1. The van der Waals surface area contributed by atoms with Crippen LogP contribution in [0.3, 0.4) is 0 Å². The normalized spacial score (nSPS) is 16.1. The Balaban J connectivity index is 1.78. The van der Waals surface area contributed by atoms with Crippen molar-refractivity contribution in [3.8, 4) is 11.5 Å². The van der Waals surface area contributed by atoms with Gasteiger partial charge in [-0.25, -0.2) is 4.79 Å². The lowest BCUT2D eigenvalue weighted by molar-refractivity contribution is 0.0191. The lowest BCUT2D eigenvalue weighted by atomic mass is 10.1. The fourth-order valence-corrected chi connectivity index (χ4v) is 3.10. The molecule has 28 heavy (non-hydrogen) atoms. The molecule has 1 aromatic carbocycles. The number of hydrogen-bond acceptors (Lipinski definition) is 6. The third-order valence-electron chi connectivity index (χ3n) is 4.58. The predicted molar refractivity (Wildman–Crippen MR) is 106 cm³/mol. The highest BCUT2D eigenvalue weighted by Gasteiger charge is 2.33. The first kappa shape index (κ1) is 20.2. The number of hydrogen-bond donors (Lipinski definition) is 1. The molecule has 2 aromatic rings. The van der Waals surface area contributed by atoms with Crippen LogP contribution < -0.4 is 9.47 Å². The number of aromatic nitrogens is 1. The van der Waals surface area contributed by atoms with Crippen molar-refractivity contribution in [1.82, 2.24) is 9.88 Å². The van der Waals surface area contributed by atoms with Crippen LogP contribution in [0.1, 0.15) is 32.9 Å². The van der Waals surface area contributed by atoms with Gasteiger partial charge < -0.3 is 19.3 Å². The number of nitrogens with zero attached hydrogens (tertiary/aromatic N) is 2. The van der Waals surface area contributed by atoms with Crippen LogP contribution >= 0.6 is 0 Å². The number of aliphatic hydroxyl groups is 1. The van der Waals surface area contributed by atoms with Crippen LogP contribution in [-0.2, 0) is 4.74 Å². The lowest BCUT2D eigenvalue weighted by Crippen LogP contribution is -2.52. The van der Waals surface area contributed by atoms with Gasteiger partial charge in [0.2, 0.25) is 0 Å². The van der Waals surface area contributed by atoms with Gasteiger partial charge in [-0.1, -0.05) is 0 Å². The van der Waals surface area contributed by atoms with Crippen molar-refractivity contribution < 1.29 is 24.1 Å². The second kappa shape index (κ2) is 8.22. The summed E-state index contributed by atoms with van der Waals surface area (Å²) in [6, 6.07) is 7.71. The van der Waals surface area contributed by atoms with E-state index in [0.29, 0.717) is 31.1 Å². The SMILES string of the molecule is Cc1ccc2c3c(ccc2n1)OC[C@H](CN(C(=O)OCCCO)C(C)(C)C)O3. The monoisotopic (exact) mass is 388 g/mol. The highest BCUT2D eigenvalue weighted by atomic mass is 16.6. The average molecular weight is 388 g/mol. The predicted octanol–water partition coefficient (Wildman–Crippen LogP) is 3.30. The molecular formula is C21H28N2O5. The average Bonchev–Trinajstić information content (AvgIpc) is 2.64. The molecule has 0 unspecified atom stereocenters. The zero-order chi connectivity index (χ0) is 20.3. The fraction of sp³-hybridized carbons (Fsp3) is 0.524. The van der Waals surface area contributed by atoms with Crippen LogP contribution in [0.25, 0.3) is 10.9 Å². The van der Waals surface area contributed by atoms with Crippen molar-refractivity contribution in [2.24, 2.45) is 0 Å². The summed E-state index contributed by atoms with van der Waals surface area (Å²) >= 11 is 0. The Morgan fingerprint density at radius 2 is 2.11 bits per heavy atom. The highest BCUT2D eigenvalue weighted by molar-refractivity contribution is 5.88. The molecule has 7 heteroatoms. The summed E-state index contributed by atoms with van der Waals surface area (Å²) in [6.07, 6.45) is -0.340. The van der Waals surface area contributed by atoms with E-state index in [0.717, 1.165) is 16.6 Å². The number of carbonyl (C=O) groups is 1. The third-order valence-corrected chi connectivity index (χ3v) is 4.58. The number of fused-ring (bicyclic) bond motifs is 3. The Hall–Kier alpha value is -2.54. The first-order valence-electron chi connectivity index (χ1n) is 9.54. The van der Waals surface area contributed by atoms with Crippen LogP contribution in [0.4, 0.5) is 4.79 Å². The van der Waals surface area contributed by atoms with Crippen LogP contribution in [0.15, 0.2) is 24.3 Å². The van der Waals surface area contributed by atoms with Gasteiger partial charge in [-0.05, 0) is 52.0 Å². The molecular weight excluding hydrogens is 360 g/mol. The van der Waals surface area contributed by atoms with Crippen molar-refractivity contribution in [3.63, 3.8) is 0 Å². The van der Waals surface area contributed by atoms with Crippen LogP contribution in [0.5, 0.6) is 11.5 Å². The van der Waals surface area contributed by atoms with E-state index in [1.165, 1.54) is 0 Å². The summed E-state index contributed by atoms with van der Waals surface area (Å²) in [4.78, 5) is 18.7. The van der Waals surface area contributed by atoms with Crippen molar-refractivity contribution in [3.05, 3.63) is 30.0 Å². The maximum absolute atomic E-state index is 12.5. The van der Waals surface area contributed by atoms with E-state index in [1.54, 1.807) is 4.90 Å². The van der Waals surface area contributed by atoms with Gasteiger partial charge in [0.05, 0.1) is 18.7 Å². The van der Waals surface area contributed by atoms with Crippen molar-refractivity contribution in [2.45, 2.75) is 45.8 Å². The summed E-state index contributed by atoms with van der Waals surface area (Å²) in [5, 5.41) is 9.78. The molecule has 1 aromatic heterocycles. The number of ether oxygens (including phenoxy) is 3. The summed E-state index contributed by atoms with van der Waals surface area (Å²) < 4.78 is 17.4. The van der Waals surface area contributed by atoms with Gasteiger partial charge in [0.1, 0.15) is 6.61 Å². The van der Waals surface area contributed by atoms with E-state index in [-0.39, 0.29) is 19.3 Å². The van der Waals surface area contributed by atoms with E-state index in [4.69, 9.17) is 19.3 Å². The van der Waals surface area contributed by atoms with Gasteiger partial charge >= 0.3 is 6.09 Å². The summed E-state index contributed by atoms with van der Waals surface area (Å²) in [5.41, 5.74) is 1.33. The molecule has 0 bridgehead atoms. The molecule has 7 nitrogen and oxygen atoms in total. The highest BCUT2D eigenvalue weighted by Crippen LogP contribution is 2.38. The molecule has 0 fully saturated rings. The zero-order valence-electron chi connectivity index (χ0n) is 16.9. The standard InChI is InChI=1S/C21H28N2O5/c1-14-6-7-16-17(22-14)8-9-18-19(16)28-15(13-27-18)12-23(21(2,3)4)20(25)26-11-5-10-24/h6-9,15,24H,5,10-13H2,1-4H3/t15-/m0/s1. The first-order chi connectivity index (χ1) is 13.3. The smallest absolute Gasteiger partial charge is 0.410 e. The quantitative estimate of drug-likeness (QED) is 0.792. The van der Waals surface area contributed by atoms with Gasteiger partial charge in [-0.3, -0.25) is 9.88 Å². The van der Waals surface area contributed by atoms with E-state index < -0.39 is 11.6 Å². The maximum atomic E-state index is 12.5. The number of benzene rings is 1. The Kier molecular flexibility index (Phi) is 5.93. The topological polar surface area (TPSA) is 81.1 Å². The molecule has 1 atom stereocenters. The molecule has 152 valence electrons. The van der Waals surface area contributed by atoms with Gasteiger partial charge in [-0.15, -0.1) is 0 Å². The second-order valence-electron chi connectivity index (χ2n) is 7.94. The molecule has 0 aliphatic carbocycles. The van der Waals surface area contributed by atoms with Crippen LogP contribution in [0.2, 0.25) is 0 Å². The van der Waals surface area contributed by atoms with Crippen molar-refractivity contribution in [2.75, 3.05) is 26.4 Å². The number of amides is 1. The second-order valence-corrected chi connectivity index (χ2v) is 7.94. The van der Waals surface area contributed by atoms with Crippen LogP contribution in [0, 0.1) is 6.92 Å². The van der Waals surface area contributed by atoms with Gasteiger partial charge in [0.25, 0.3) is 0 Å². The summed E-state index contributed by atoms with van der Waals surface area (Å²) in [5.74, 6) is 1.34. The Morgan fingerprint density at radius 3 is 2.82 bits per heavy atom. The van der Waals surface area contributed by atoms with E-state index in [9.17, 15) is 4.79 Å². The molecule has 0 spiro atoms. The number of aliphatic hydroxyl groups excluding tert-OH is 1. The first-order valence-corrected chi connectivity index (χ1v) is 9.54. The van der Waals surface area contributed by atoms with Crippen LogP contribution in [-0.4, -0.2) is 59.1 Å². The Labute approximate surface area is 165 Å². The van der Waals surface area contributed by atoms with Crippen molar-refractivity contribution >= 4 is 17.0 Å². The molecule has 1 amide bonds. The maximum Gasteiger partial charge on any atom is 0.410 e. The molecule has 0 radical (unpaired) electrons. The molecule has 0 saturated carbocycles. The number of rotatable bonds is 5. The molecule has 1 aliphatic heterocycles. The van der Waals surface area contributed by atoms with E-state index in [1.807, 2.05) is 52.0 Å². The number of pyridine rings is 1. The fourth-order valence-electron chi connectivity index (χ4n) is 3.10. The minimum atomic E-state index is -0.447. The largest absolute Gasteiger partial charge is 0.486 e. The molecule has 2 heterocycles. The molecule has 1 aliphatic rings. The molecule has 1 N–H and O–H groups in total. The summed E-state index contributed by atoms with van der Waals surface area (Å²) in [7, 11) is 0. The van der Waals surface area contributed by atoms with E-state index in [2.05, 4.69) is 4.98 Å². The minimum absolute atomic E-state index is 0.0141. The number of aryl methyl sites for hydroxylation is 1. The Morgan fingerprint density at radius 1 is 1.32 bits per heavy atom. The minimum Gasteiger partial charge on any atom is -0.486 e. The summed E-state index contributed by atoms with van der Waals surface area (Å²) in [6.45, 7) is 8.62. The van der Waals surface area contributed by atoms with Gasteiger partial charge in [0, 0.05) is 29.6 Å². The molecule has 3 rings (SSSR count). The lowest BCUT2D eigenvalue weighted by Gasteiger charge is -2.38. The molecule has 0 saturated heterocycles. The third kappa shape index (κ3) is 4.47. The van der Waals surface area contributed by atoms with E-state index >= 15 is 0 Å². The van der Waals surface area contributed by atoms with Gasteiger partial charge in [0.15, 0.2) is 17.6 Å². The van der Waals surface area contributed by atoms with Gasteiger partial charge in [-0.2, -0.15) is 0 Å². The Bertz CT molecular complexity index is 847. The van der Waals surface area contributed by atoms with Crippen molar-refractivity contribution in [1.29, 1.82) is 0 Å². The zero-order valence-corrected chi connectivity index (χ0v) is 16.9.